The Kier molecular flexibility index (Phi) is 4.39. The molecule has 0 radical (unpaired) electrons. The van der Waals surface area contributed by atoms with Crippen molar-refractivity contribution in [3.05, 3.63) is 39.3 Å². The summed E-state index contributed by atoms with van der Waals surface area (Å²) in [4.78, 5) is 14.8. The Morgan fingerprint density at radius 3 is 3.14 bits per heavy atom. The molecule has 1 aliphatic rings. The van der Waals surface area contributed by atoms with Gasteiger partial charge in [0.05, 0.1) is 0 Å². The van der Waals surface area contributed by atoms with Gasteiger partial charge in [0, 0.05) is 24.3 Å². The van der Waals surface area contributed by atoms with Gasteiger partial charge in [-0.1, -0.05) is 13.3 Å². The molecule has 2 heterocycles. The standard InChI is InChI=1S/C16H21N3OS/c1-2-3-8-19(10-12-7-9-21-11-12)16(20)15-13-5-4-6-14(13)17-18-15/h7,9,11H,2-6,8,10H2,1H3,(H,17,18). The van der Waals surface area contributed by atoms with Gasteiger partial charge in [0.2, 0.25) is 0 Å². The van der Waals surface area contributed by atoms with Gasteiger partial charge in [0.1, 0.15) is 0 Å². The molecule has 0 fully saturated rings. The average molecular weight is 303 g/mol. The number of fused-ring (bicyclic) bond motifs is 1. The van der Waals surface area contributed by atoms with Crippen molar-refractivity contribution in [2.45, 2.75) is 45.6 Å². The van der Waals surface area contributed by atoms with Crippen molar-refractivity contribution in [2.24, 2.45) is 0 Å². The highest BCUT2D eigenvalue weighted by molar-refractivity contribution is 7.07. The zero-order valence-corrected chi connectivity index (χ0v) is 13.2. The van der Waals surface area contributed by atoms with E-state index in [1.54, 1.807) is 11.3 Å². The number of aryl methyl sites for hydroxylation is 1. The minimum Gasteiger partial charge on any atom is -0.333 e. The summed E-state index contributed by atoms with van der Waals surface area (Å²) in [6.45, 7) is 3.64. The smallest absolute Gasteiger partial charge is 0.274 e. The summed E-state index contributed by atoms with van der Waals surface area (Å²) in [5.74, 6) is 0.0778. The molecule has 21 heavy (non-hydrogen) atoms. The molecule has 5 heteroatoms. The number of nitrogens with zero attached hydrogens (tertiary/aromatic N) is 2. The Balaban J connectivity index is 1.79. The number of carbonyl (C=O) groups excluding carboxylic acids is 1. The van der Waals surface area contributed by atoms with Crippen LogP contribution in [0.5, 0.6) is 0 Å². The first-order valence-corrected chi connectivity index (χ1v) is 8.60. The van der Waals surface area contributed by atoms with Crippen molar-refractivity contribution in [3.8, 4) is 0 Å². The Morgan fingerprint density at radius 1 is 1.48 bits per heavy atom. The Bertz CT molecular complexity index is 603. The summed E-state index contributed by atoms with van der Waals surface area (Å²) < 4.78 is 0. The van der Waals surface area contributed by atoms with Crippen LogP contribution in [-0.4, -0.2) is 27.5 Å². The van der Waals surface area contributed by atoms with E-state index in [0.29, 0.717) is 12.2 Å². The van der Waals surface area contributed by atoms with E-state index in [1.807, 2.05) is 4.90 Å². The minimum absolute atomic E-state index is 0.0778. The predicted molar refractivity (Wildman–Crippen MR) is 84.6 cm³/mol. The van der Waals surface area contributed by atoms with E-state index in [1.165, 1.54) is 5.56 Å². The van der Waals surface area contributed by atoms with Gasteiger partial charge < -0.3 is 4.90 Å². The fourth-order valence-corrected chi connectivity index (χ4v) is 3.51. The van der Waals surface area contributed by atoms with E-state index < -0.39 is 0 Å². The number of hydrogen-bond acceptors (Lipinski definition) is 3. The van der Waals surface area contributed by atoms with E-state index in [0.717, 1.165) is 49.9 Å². The van der Waals surface area contributed by atoms with Crippen molar-refractivity contribution < 1.29 is 4.79 Å². The summed E-state index contributed by atoms with van der Waals surface area (Å²) in [7, 11) is 0. The van der Waals surface area contributed by atoms with Crippen molar-refractivity contribution in [1.82, 2.24) is 15.1 Å². The molecule has 0 unspecified atom stereocenters. The number of unbranched alkanes of at least 4 members (excludes halogenated alkanes) is 1. The summed E-state index contributed by atoms with van der Waals surface area (Å²) in [6, 6.07) is 2.09. The first kappa shape index (κ1) is 14.3. The first-order chi connectivity index (χ1) is 10.3. The van der Waals surface area contributed by atoms with Crippen LogP contribution >= 0.6 is 11.3 Å². The molecule has 0 atom stereocenters. The van der Waals surface area contributed by atoms with Gasteiger partial charge in [-0.2, -0.15) is 16.4 Å². The zero-order chi connectivity index (χ0) is 14.7. The van der Waals surface area contributed by atoms with Crippen LogP contribution in [0.15, 0.2) is 16.8 Å². The van der Waals surface area contributed by atoms with Gasteiger partial charge in [0.15, 0.2) is 5.69 Å². The summed E-state index contributed by atoms with van der Waals surface area (Å²) in [5, 5.41) is 11.5. The third kappa shape index (κ3) is 3.02. The van der Waals surface area contributed by atoms with Gasteiger partial charge in [-0.25, -0.2) is 0 Å². The van der Waals surface area contributed by atoms with Gasteiger partial charge in [-0.15, -0.1) is 0 Å². The van der Waals surface area contributed by atoms with E-state index in [4.69, 9.17) is 0 Å². The highest BCUT2D eigenvalue weighted by Crippen LogP contribution is 2.24. The molecule has 112 valence electrons. The lowest BCUT2D eigenvalue weighted by molar-refractivity contribution is 0.0734. The molecular weight excluding hydrogens is 282 g/mol. The number of H-pyrrole nitrogens is 1. The first-order valence-electron chi connectivity index (χ1n) is 7.66. The average Bonchev–Trinajstić information content (AvgIpc) is 3.19. The number of aromatic amines is 1. The molecule has 0 aromatic carbocycles. The molecule has 0 spiro atoms. The van der Waals surface area contributed by atoms with E-state index in [2.05, 4.69) is 33.9 Å². The molecule has 0 saturated carbocycles. The summed E-state index contributed by atoms with van der Waals surface area (Å²) in [6.07, 6.45) is 5.25. The van der Waals surface area contributed by atoms with Crippen LogP contribution in [-0.2, 0) is 19.4 Å². The molecule has 1 N–H and O–H groups in total. The third-order valence-corrected chi connectivity index (χ3v) is 4.76. The van der Waals surface area contributed by atoms with Crippen molar-refractivity contribution in [2.75, 3.05) is 6.54 Å². The van der Waals surface area contributed by atoms with Crippen LogP contribution in [0, 0.1) is 0 Å². The van der Waals surface area contributed by atoms with E-state index >= 15 is 0 Å². The maximum atomic E-state index is 12.8. The quantitative estimate of drug-likeness (QED) is 0.889. The molecule has 1 aliphatic carbocycles. The predicted octanol–water partition coefficient (Wildman–Crippen LogP) is 3.40. The Hall–Kier alpha value is -1.62. The number of thiophene rings is 1. The lowest BCUT2D eigenvalue weighted by atomic mass is 10.1. The monoisotopic (exact) mass is 303 g/mol. The summed E-state index contributed by atoms with van der Waals surface area (Å²) >= 11 is 1.67. The number of aromatic nitrogens is 2. The number of amides is 1. The maximum Gasteiger partial charge on any atom is 0.274 e. The number of rotatable bonds is 6. The highest BCUT2D eigenvalue weighted by atomic mass is 32.1. The fourth-order valence-electron chi connectivity index (χ4n) is 2.85. The normalized spacial score (nSPS) is 13.4. The van der Waals surface area contributed by atoms with Crippen molar-refractivity contribution in [1.29, 1.82) is 0 Å². The van der Waals surface area contributed by atoms with Crippen LogP contribution in [0.4, 0.5) is 0 Å². The molecule has 0 bridgehead atoms. The molecular formula is C16H21N3OS. The minimum atomic E-state index is 0.0778. The van der Waals surface area contributed by atoms with E-state index in [-0.39, 0.29) is 5.91 Å². The molecule has 4 nitrogen and oxygen atoms in total. The lowest BCUT2D eigenvalue weighted by Crippen LogP contribution is -2.32. The topological polar surface area (TPSA) is 49.0 Å². The van der Waals surface area contributed by atoms with Gasteiger partial charge >= 0.3 is 0 Å². The zero-order valence-electron chi connectivity index (χ0n) is 12.4. The van der Waals surface area contributed by atoms with Crippen molar-refractivity contribution >= 4 is 17.2 Å². The van der Waals surface area contributed by atoms with Crippen LogP contribution in [0.1, 0.15) is 53.5 Å². The van der Waals surface area contributed by atoms with Gasteiger partial charge in [-0.3, -0.25) is 9.89 Å². The second kappa shape index (κ2) is 6.43. The molecule has 2 aromatic rings. The summed E-state index contributed by atoms with van der Waals surface area (Å²) in [5.41, 5.74) is 4.15. The van der Waals surface area contributed by atoms with Crippen molar-refractivity contribution in [3.63, 3.8) is 0 Å². The SMILES string of the molecule is CCCCN(Cc1ccsc1)C(=O)c1n[nH]c2c1CCC2. The van der Waals surface area contributed by atoms with Gasteiger partial charge in [0.25, 0.3) is 5.91 Å². The second-order valence-corrected chi connectivity index (χ2v) is 6.37. The van der Waals surface area contributed by atoms with Crippen LogP contribution in [0.3, 0.4) is 0 Å². The number of hydrogen-bond donors (Lipinski definition) is 1. The Morgan fingerprint density at radius 2 is 2.38 bits per heavy atom. The molecule has 3 rings (SSSR count). The van der Waals surface area contributed by atoms with Crippen LogP contribution < -0.4 is 0 Å². The van der Waals surface area contributed by atoms with E-state index in [9.17, 15) is 4.79 Å². The Labute approximate surface area is 129 Å². The fraction of sp³-hybridized carbons (Fsp3) is 0.500. The maximum absolute atomic E-state index is 12.8. The number of nitrogens with one attached hydrogen (secondary N) is 1. The van der Waals surface area contributed by atoms with Crippen LogP contribution in [0.25, 0.3) is 0 Å². The molecule has 2 aromatic heterocycles. The highest BCUT2D eigenvalue weighted by Gasteiger charge is 2.26. The second-order valence-electron chi connectivity index (χ2n) is 5.59. The molecule has 0 saturated heterocycles. The third-order valence-electron chi connectivity index (χ3n) is 4.03. The molecule has 1 amide bonds. The van der Waals surface area contributed by atoms with Gasteiger partial charge in [-0.05, 0) is 48.1 Å². The largest absolute Gasteiger partial charge is 0.333 e. The lowest BCUT2D eigenvalue weighted by Gasteiger charge is -2.21. The number of carbonyl (C=O) groups is 1. The molecule has 0 aliphatic heterocycles. The van der Waals surface area contributed by atoms with Crippen LogP contribution in [0.2, 0.25) is 0 Å².